The van der Waals surface area contributed by atoms with Crippen LogP contribution < -0.4 is 16.0 Å². The molecule has 1 aromatic carbocycles. The average Bonchev–Trinajstić information content (AvgIpc) is 3.26. The maximum Gasteiger partial charge on any atom is 0.320 e. The van der Waals surface area contributed by atoms with E-state index in [4.69, 9.17) is 10.7 Å². The summed E-state index contributed by atoms with van der Waals surface area (Å²) in [7, 11) is 1.85. The molecule has 1 atom stereocenters. The van der Waals surface area contributed by atoms with Gasteiger partial charge in [-0.3, -0.25) is 4.79 Å². The Bertz CT molecular complexity index is 1190. The number of nitrogens with one attached hydrogen (secondary N) is 1. The lowest BCUT2D eigenvalue weighted by atomic mass is 9.85. The molecule has 2 aromatic rings. The monoisotopic (exact) mass is 532 g/mol. The molecule has 10 heteroatoms. The van der Waals surface area contributed by atoms with E-state index in [1.165, 1.54) is 50.8 Å². The van der Waals surface area contributed by atoms with Crippen LogP contribution in [0.4, 0.5) is 22.1 Å². The number of hydrogen-bond acceptors (Lipinski definition) is 7. The number of likely N-dealkylation sites (N-methyl/N-ethyl adjacent to an activating group) is 1. The van der Waals surface area contributed by atoms with E-state index in [2.05, 4.69) is 44.4 Å². The van der Waals surface area contributed by atoms with Crippen molar-refractivity contribution in [3.05, 3.63) is 41.7 Å². The molecule has 0 bridgehead atoms. The van der Waals surface area contributed by atoms with E-state index in [1.54, 1.807) is 11.1 Å². The summed E-state index contributed by atoms with van der Waals surface area (Å²) in [5.41, 5.74) is 7.99. The smallest absolute Gasteiger partial charge is 0.320 e. The predicted octanol–water partition coefficient (Wildman–Crippen LogP) is 3.39. The molecular formula is C29H40N8O2. The zero-order valence-electron chi connectivity index (χ0n) is 22.9. The Hall–Kier alpha value is -3.40. The van der Waals surface area contributed by atoms with Gasteiger partial charge in [-0.1, -0.05) is 18.6 Å². The molecule has 6 rings (SSSR count). The summed E-state index contributed by atoms with van der Waals surface area (Å²) in [6.07, 6.45) is 10.1. The van der Waals surface area contributed by atoms with Crippen molar-refractivity contribution >= 4 is 29.3 Å². The number of likely N-dealkylation sites (tertiary alicyclic amines) is 1. The fourth-order valence-electron chi connectivity index (χ4n) is 6.55. The number of anilines is 3. The molecule has 3 saturated heterocycles. The first-order valence-corrected chi connectivity index (χ1v) is 14.5. The van der Waals surface area contributed by atoms with Crippen LogP contribution in [0.5, 0.6) is 0 Å². The second-order valence-corrected chi connectivity index (χ2v) is 11.6. The minimum atomic E-state index is -0.617. The number of piperidine rings is 2. The van der Waals surface area contributed by atoms with Crippen molar-refractivity contribution in [2.75, 3.05) is 56.5 Å². The van der Waals surface area contributed by atoms with Crippen molar-refractivity contribution < 1.29 is 9.59 Å². The number of hydrogen-bond donors (Lipinski definition) is 2. The van der Waals surface area contributed by atoms with Gasteiger partial charge >= 0.3 is 6.03 Å². The summed E-state index contributed by atoms with van der Waals surface area (Å²) in [4.78, 5) is 42.5. The van der Waals surface area contributed by atoms with Crippen molar-refractivity contribution in [3.8, 4) is 0 Å². The van der Waals surface area contributed by atoms with Crippen LogP contribution in [0.15, 0.2) is 30.5 Å². The first-order valence-electron chi connectivity index (χ1n) is 14.5. The molecule has 0 unspecified atom stereocenters. The normalized spacial score (nSPS) is 23.3. The molecular weight excluding hydrogens is 492 g/mol. The predicted molar refractivity (Wildman–Crippen MR) is 151 cm³/mol. The average molecular weight is 533 g/mol. The summed E-state index contributed by atoms with van der Waals surface area (Å²) in [6.45, 7) is 5.42. The summed E-state index contributed by atoms with van der Waals surface area (Å²) >= 11 is 0. The van der Waals surface area contributed by atoms with Gasteiger partial charge in [-0.05, 0) is 75.2 Å². The lowest BCUT2D eigenvalue weighted by molar-refractivity contribution is 0.0975. The highest BCUT2D eigenvalue weighted by atomic mass is 16.2. The van der Waals surface area contributed by atoms with Gasteiger partial charge < -0.3 is 30.7 Å². The summed E-state index contributed by atoms with van der Waals surface area (Å²) in [5.74, 6) is 1.02. The Labute approximate surface area is 230 Å². The highest BCUT2D eigenvalue weighted by molar-refractivity contribution is 5.96. The van der Waals surface area contributed by atoms with Crippen LogP contribution in [-0.2, 0) is 0 Å². The van der Waals surface area contributed by atoms with Crippen molar-refractivity contribution in [2.24, 2.45) is 5.73 Å². The number of aromatic nitrogens is 2. The van der Waals surface area contributed by atoms with Crippen LogP contribution in [0, 0.1) is 0 Å². The van der Waals surface area contributed by atoms with Gasteiger partial charge in [-0.2, -0.15) is 0 Å². The second kappa shape index (κ2) is 11.0. The lowest BCUT2D eigenvalue weighted by Gasteiger charge is -2.42. The van der Waals surface area contributed by atoms with Crippen molar-refractivity contribution in [1.82, 2.24) is 24.7 Å². The number of primary amides is 1. The maximum atomic E-state index is 12.5. The Balaban J connectivity index is 1.13. The van der Waals surface area contributed by atoms with Crippen LogP contribution >= 0.6 is 0 Å². The van der Waals surface area contributed by atoms with E-state index in [-0.39, 0.29) is 17.8 Å². The minimum absolute atomic E-state index is 0.0896. The number of nitrogens with two attached hydrogens (primary N) is 1. The first kappa shape index (κ1) is 25.9. The molecule has 0 spiro atoms. The van der Waals surface area contributed by atoms with E-state index < -0.39 is 5.91 Å². The molecule has 10 nitrogen and oxygen atoms in total. The molecule has 1 aliphatic carbocycles. The summed E-state index contributed by atoms with van der Waals surface area (Å²) < 4.78 is 0. The van der Waals surface area contributed by atoms with Crippen LogP contribution in [0.2, 0.25) is 0 Å². The number of nitrogens with zero attached hydrogens (tertiary/aromatic N) is 6. The van der Waals surface area contributed by atoms with Gasteiger partial charge in [0.25, 0.3) is 5.91 Å². The van der Waals surface area contributed by atoms with Crippen molar-refractivity contribution in [3.63, 3.8) is 0 Å². The number of benzene rings is 1. The molecule has 1 aromatic heterocycles. The molecule has 3 aliphatic heterocycles. The fraction of sp³-hybridized carbons (Fsp3) is 0.586. The van der Waals surface area contributed by atoms with Crippen LogP contribution in [0.1, 0.15) is 66.9 Å². The zero-order valence-corrected chi connectivity index (χ0v) is 22.9. The third-order valence-corrected chi connectivity index (χ3v) is 9.17. The van der Waals surface area contributed by atoms with Crippen LogP contribution in [0.25, 0.3) is 0 Å². The van der Waals surface area contributed by atoms with E-state index in [0.717, 1.165) is 44.2 Å². The second-order valence-electron chi connectivity index (χ2n) is 11.6. The molecule has 39 heavy (non-hydrogen) atoms. The Morgan fingerprint density at radius 2 is 1.69 bits per heavy atom. The largest absolute Gasteiger partial charge is 0.364 e. The molecule has 4 fully saturated rings. The fourth-order valence-corrected chi connectivity index (χ4v) is 6.55. The van der Waals surface area contributed by atoms with Gasteiger partial charge in [-0.25, -0.2) is 14.8 Å². The number of carbonyl (C=O) groups is 2. The Morgan fingerprint density at radius 3 is 2.33 bits per heavy atom. The van der Waals surface area contributed by atoms with E-state index in [0.29, 0.717) is 24.1 Å². The molecule has 4 heterocycles. The SMILES string of the molecule is CN1CCN([C@@H]2CCCN(c3cnc(C(N)=O)c(Nc4ccc(C5CCN(C6CCC6)CC5)cc4)n3)C2)C1=O. The number of amides is 3. The summed E-state index contributed by atoms with van der Waals surface area (Å²) in [6, 6.07) is 9.54. The van der Waals surface area contributed by atoms with E-state index >= 15 is 0 Å². The number of carbonyl (C=O) groups excluding carboxylic acids is 2. The molecule has 3 amide bonds. The van der Waals surface area contributed by atoms with Gasteiger partial charge in [0.15, 0.2) is 11.5 Å². The topological polar surface area (TPSA) is 111 Å². The van der Waals surface area contributed by atoms with Crippen molar-refractivity contribution in [1.29, 1.82) is 0 Å². The molecule has 3 N–H and O–H groups in total. The quantitative estimate of drug-likeness (QED) is 0.562. The van der Waals surface area contributed by atoms with E-state index in [1.807, 2.05) is 11.9 Å². The van der Waals surface area contributed by atoms with Gasteiger partial charge in [0.1, 0.15) is 5.82 Å². The van der Waals surface area contributed by atoms with Gasteiger partial charge in [0.2, 0.25) is 0 Å². The Kier molecular flexibility index (Phi) is 7.29. The molecule has 0 radical (unpaired) electrons. The van der Waals surface area contributed by atoms with Gasteiger partial charge in [0.05, 0.1) is 12.2 Å². The van der Waals surface area contributed by atoms with Gasteiger partial charge in [0, 0.05) is 45.0 Å². The maximum absolute atomic E-state index is 12.5. The number of urea groups is 1. The zero-order chi connectivity index (χ0) is 26.9. The standard InChI is InChI=1S/C29H40N8O2/c1-34-16-17-37(29(34)39)24-6-3-13-36(19-24)25-18-31-26(27(30)38)28(33-25)32-22-9-7-20(8-10-22)21-11-14-35(15-12-21)23-4-2-5-23/h7-10,18,21,23-24H,2-6,11-17,19H2,1H3,(H2,30,38)(H,32,33)/t24-/m1/s1. The molecule has 208 valence electrons. The minimum Gasteiger partial charge on any atom is -0.364 e. The van der Waals surface area contributed by atoms with Crippen LogP contribution in [0.3, 0.4) is 0 Å². The molecule has 1 saturated carbocycles. The molecule has 4 aliphatic rings. The van der Waals surface area contributed by atoms with Crippen LogP contribution in [-0.4, -0.2) is 95.0 Å². The van der Waals surface area contributed by atoms with Gasteiger partial charge in [-0.15, -0.1) is 0 Å². The summed E-state index contributed by atoms with van der Waals surface area (Å²) in [5, 5.41) is 3.30. The van der Waals surface area contributed by atoms with Crippen molar-refractivity contribution in [2.45, 2.75) is 62.9 Å². The number of rotatable bonds is 7. The van der Waals surface area contributed by atoms with E-state index in [9.17, 15) is 9.59 Å². The third-order valence-electron chi connectivity index (χ3n) is 9.17. The highest BCUT2D eigenvalue weighted by Crippen LogP contribution is 2.34. The lowest BCUT2D eigenvalue weighted by Crippen LogP contribution is -2.49. The third kappa shape index (κ3) is 5.39. The first-order chi connectivity index (χ1) is 19.0. The Morgan fingerprint density at radius 1 is 0.949 bits per heavy atom. The highest BCUT2D eigenvalue weighted by Gasteiger charge is 2.35.